The van der Waals surface area contributed by atoms with E-state index < -0.39 is 4.92 Å². The number of likely N-dealkylation sites (N-methyl/N-ethyl adjacent to an activating group) is 1. The van der Waals surface area contributed by atoms with Crippen molar-refractivity contribution in [1.29, 1.82) is 0 Å². The molecule has 1 aliphatic rings. The molecule has 1 aliphatic carbocycles. The van der Waals surface area contributed by atoms with Gasteiger partial charge in [0.25, 0.3) is 11.6 Å². The molecule has 142 valence electrons. The number of non-ortho nitro benzene ring substituents is 1. The highest BCUT2D eigenvalue weighted by Gasteiger charge is 2.28. The highest BCUT2D eigenvalue weighted by molar-refractivity contribution is 5.93. The quantitative estimate of drug-likeness (QED) is 0.603. The number of carbonyl (C=O) groups is 1. The zero-order chi connectivity index (χ0) is 19.4. The monoisotopic (exact) mass is 370 g/mol. The van der Waals surface area contributed by atoms with Gasteiger partial charge in [-0.1, -0.05) is 24.3 Å². The Hall–Kier alpha value is -2.93. The Bertz CT molecular complexity index is 853. The molecule has 0 fully saturated rings. The van der Waals surface area contributed by atoms with Gasteiger partial charge in [-0.2, -0.15) is 0 Å². The molecule has 0 aliphatic heterocycles. The van der Waals surface area contributed by atoms with Gasteiger partial charge in [-0.25, -0.2) is 0 Å². The molecule has 0 radical (unpaired) electrons. The molecule has 0 spiro atoms. The topological polar surface area (TPSA) is 85.9 Å². The lowest BCUT2D eigenvalue weighted by Crippen LogP contribution is -3.10. The van der Waals surface area contributed by atoms with Crippen LogP contribution in [0.5, 0.6) is 5.75 Å². The van der Waals surface area contributed by atoms with Crippen LogP contribution in [0.15, 0.2) is 42.5 Å². The summed E-state index contributed by atoms with van der Waals surface area (Å²) in [5, 5.41) is 13.7. The number of nitro groups is 1. The van der Waals surface area contributed by atoms with E-state index in [-0.39, 0.29) is 17.3 Å². The van der Waals surface area contributed by atoms with Crippen molar-refractivity contribution in [3.8, 4) is 5.75 Å². The van der Waals surface area contributed by atoms with Gasteiger partial charge >= 0.3 is 0 Å². The third-order valence-electron chi connectivity index (χ3n) is 5.07. The summed E-state index contributed by atoms with van der Waals surface area (Å²) in [5.74, 6) is 0.126. The number of methoxy groups -OCH3 is 1. The van der Waals surface area contributed by atoms with Crippen molar-refractivity contribution in [2.45, 2.75) is 25.3 Å². The largest absolute Gasteiger partial charge is 0.494 e. The molecule has 3 rings (SSSR count). The van der Waals surface area contributed by atoms with Crippen molar-refractivity contribution in [3.63, 3.8) is 0 Å². The van der Waals surface area contributed by atoms with Crippen molar-refractivity contribution in [2.75, 3.05) is 26.0 Å². The number of amides is 1. The van der Waals surface area contributed by atoms with E-state index >= 15 is 0 Å². The van der Waals surface area contributed by atoms with Gasteiger partial charge in [0, 0.05) is 18.1 Å². The number of rotatable bonds is 6. The zero-order valence-corrected chi connectivity index (χ0v) is 15.5. The van der Waals surface area contributed by atoms with Crippen molar-refractivity contribution in [1.82, 2.24) is 0 Å². The average Bonchev–Trinajstić information content (AvgIpc) is 2.67. The molecule has 1 amide bonds. The molecule has 2 atom stereocenters. The Morgan fingerprint density at radius 2 is 2.11 bits per heavy atom. The van der Waals surface area contributed by atoms with E-state index in [1.165, 1.54) is 36.4 Å². The number of hydrogen-bond acceptors (Lipinski definition) is 4. The van der Waals surface area contributed by atoms with Crippen LogP contribution < -0.4 is 15.0 Å². The maximum absolute atomic E-state index is 12.5. The first kappa shape index (κ1) is 18.8. The van der Waals surface area contributed by atoms with Gasteiger partial charge in [0.2, 0.25) is 0 Å². The highest BCUT2D eigenvalue weighted by atomic mass is 16.6. The fourth-order valence-electron chi connectivity index (χ4n) is 3.73. The van der Waals surface area contributed by atoms with E-state index in [4.69, 9.17) is 4.74 Å². The fraction of sp³-hybridized carbons (Fsp3) is 0.350. The Labute approximate surface area is 158 Å². The Balaban J connectivity index is 1.69. The minimum absolute atomic E-state index is 0.0774. The number of quaternary nitrogens is 1. The third kappa shape index (κ3) is 4.25. The van der Waals surface area contributed by atoms with Crippen LogP contribution in [0, 0.1) is 10.1 Å². The van der Waals surface area contributed by atoms with E-state index in [1.807, 2.05) is 13.1 Å². The minimum atomic E-state index is -0.493. The summed E-state index contributed by atoms with van der Waals surface area (Å²) in [6.45, 7) is 0.305. The number of ether oxygens (including phenoxy) is 1. The number of carbonyl (C=O) groups excluding carboxylic acids is 1. The lowest BCUT2D eigenvalue weighted by atomic mass is 9.87. The first-order valence-corrected chi connectivity index (χ1v) is 9.02. The molecular formula is C20H24N3O4+. The molecule has 0 aromatic heterocycles. The second-order valence-electron chi connectivity index (χ2n) is 6.86. The Morgan fingerprint density at radius 3 is 2.85 bits per heavy atom. The normalized spacial score (nSPS) is 16.9. The second-order valence-corrected chi connectivity index (χ2v) is 6.86. The van der Waals surface area contributed by atoms with Gasteiger partial charge in [-0.05, 0) is 24.5 Å². The summed E-state index contributed by atoms with van der Waals surface area (Å²) in [4.78, 5) is 24.1. The zero-order valence-electron chi connectivity index (χ0n) is 15.5. The van der Waals surface area contributed by atoms with Crippen molar-refractivity contribution in [2.24, 2.45) is 0 Å². The van der Waals surface area contributed by atoms with Gasteiger partial charge in [0.1, 0.15) is 11.8 Å². The Kier molecular flexibility index (Phi) is 5.71. The van der Waals surface area contributed by atoms with Crippen molar-refractivity contribution < 1.29 is 19.4 Å². The number of benzene rings is 2. The highest BCUT2D eigenvalue weighted by Crippen LogP contribution is 2.29. The van der Waals surface area contributed by atoms with E-state index in [1.54, 1.807) is 0 Å². The lowest BCUT2D eigenvalue weighted by molar-refractivity contribution is -0.905. The molecule has 0 heterocycles. The number of nitrogens with one attached hydrogen (secondary N) is 2. The molecule has 27 heavy (non-hydrogen) atoms. The van der Waals surface area contributed by atoms with Crippen molar-refractivity contribution >= 4 is 17.3 Å². The number of aryl methyl sites for hydroxylation is 1. The maximum Gasteiger partial charge on any atom is 0.279 e. The molecular weight excluding hydrogens is 346 g/mol. The fourth-order valence-corrected chi connectivity index (χ4v) is 3.73. The first-order chi connectivity index (χ1) is 13.0. The van der Waals surface area contributed by atoms with Crippen molar-refractivity contribution in [3.05, 3.63) is 63.7 Å². The average molecular weight is 370 g/mol. The van der Waals surface area contributed by atoms with Crippen LogP contribution in [0.4, 0.5) is 11.4 Å². The van der Waals surface area contributed by atoms with Crippen LogP contribution >= 0.6 is 0 Å². The summed E-state index contributed by atoms with van der Waals surface area (Å²) in [7, 11) is 3.45. The summed E-state index contributed by atoms with van der Waals surface area (Å²) < 4.78 is 5.18. The standard InChI is InChI=1S/C20H23N3O4/c1-22(18-9-5-7-14-6-3-4-8-16(14)18)13-20(24)21-17-11-10-15(23(25)26)12-19(17)27-2/h3-4,6,8,10-12,18H,5,7,9,13H2,1-2H3,(H,21,24)/p+1/t18-/m0/s1. The number of fused-ring (bicyclic) bond motifs is 1. The lowest BCUT2D eigenvalue weighted by Gasteiger charge is -2.30. The number of nitrogens with zero attached hydrogens (tertiary/aromatic N) is 1. The predicted octanol–water partition coefficient (Wildman–Crippen LogP) is 2.13. The van der Waals surface area contributed by atoms with Gasteiger partial charge in [0.15, 0.2) is 6.54 Å². The van der Waals surface area contributed by atoms with Crippen LogP contribution in [-0.2, 0) is 11.2 Å². The van der Waals surface area contributed by atoms with E-state index in [0.717, 1.165) is 24.2 Å². The summed E-state index contributed by atoms with van der Waals surface area (Å²) in [6, 6.07) is 12.9. The van der Waals surface area contributed by atoms with E-state index in [9.17, 15) is 14.9 Å². The van der Waals surface area contributed by atoms with Gasteiger partial charge in [-0.15, -0.1) is 0 Å². The number of hydrogen-bond donors (Lipinski definition) is 2. The van der Waals surface area contributed by atoms with Crippen LogP contribution in [-0.4, -0.2) is 31.5 Å². The number of anilines is 1. The SMILES string of the molecule is COc1cc([N+](=O)[O-])ccc1NC(=O)C[NH+](C)[C@H]1CCCc2ccccc21. The predicted molar refractivity (Wildman–Crippen MR) is 102 cm³/mol. The van der Waals surface area contributed by atoms with Crippen LogP contribution in [0.1, 0.15) is 30.0 Å². The molecule has 0 bridgehead atoms. The molecule has 0 saturated carbocycles. The maximum atomic E-state index is 12.5. The summed E-state index contributed by atoms with van der Waals surface area (Å²) in [5.41, 5.74) is 3.05. The Morgan fingerprint density at radius 1 is 1.33 bits per heavy atom. The van der Waals surface area contributed by atoms with Gasteiger partial charge in [0.05, 0.1) is 30.8 Å². The second kappa shape index (κ2) is 8.18. The molecule has 0 saturated heterocycles. The van der Waals surface area contributed by atoms with E-state index in [2.05, 4.69) is 23.5 Å². The third-order valence-corrected chi connectivity index (χ3v) is 5.07. The minimum Gasteiger partial charge on any atom is -0.494 e. The van der Waals surface area contributed by atoms with Crippen LogP contribution in [0.3, 0.4) is 0 Å². The molecule has 2 aromatic rings. The summed E-state index contributed by atoms with van der Waals surface area (Å²) >= 11 is 0. The number of nitro benzene ring substituents is 1. The molecule has 7 heteroatoms. The molecule has 1 unspecified atom stereocenters. The van der Waals surface area contributed by atoms with Crippen LogP contribution in [0.2, 0.25) is 0 Å². The molecule has 2 N–H and O–H groups in total. The molecule has 7 nitrogen and oxygen atoms in total. The van der Waals surface area contributed by atoms with Gasteiger partial charge < -0.3 is 15.0 Å². The summed E-state index contributed by atoms with van der Waals surface area (Å²) in [6.07, 6.45) is 3.26. The molecule has 2 aromatic carbocycles. The first-order valence-electron chi connectivity index (χ1n) is 9.02. The smallest absolute Gasteiger partial charge is 0.279 e. The van der Waals surface area contributed by atoms with E-state index in [0.29, 0.717) is 18.3 Å². The van der Waals surface area contributed by atoms with Crippen LogP contribution in [0.25, 0.3) is 0 Å². The van der Waals surface area contributed by atoms with Gasteiger partial charge in [-0.3, -0.25) is 14.9 Å².